The van der Waals surface area contributed by atoms with Gasteiger partial charge in [-0.1, -0.05) is 13.8 Å². The maximum absolute atomic E-state index is 8.45. The molecule has 0 unspecified atom stereocenters. The molecule has 1 saturated heterocycles. The fourth-order valence-corrected chi connectivity index (χ4v) is 1.68. The molecule has 0 aromatic rings. The van der Waals surface area contributed by atoms with E-state index in [-0.39, 0.29) is 6.61 Å². The van der Waals surface area contributed by atoms with E-state index in [4.69, 9.17) is 9.84 Å². The molecule has 0 aromatic carbocycles. The second kappa shape index (κ2) is 4.21. The van der Waals surface area contributed by atoms with Gasteiger partial charge in [-0.2, -0.15) is 0 Å². The molecule has 0 bridgehead atoms. The van der Waals surface area contributed by atoms with Gasteiger partial charge in [-0.3, -0.25) is 4.90 Å². The maximum Gasteiger partial charge on any atom is 0.0698 e. The summed E-state index contributed by atoms with van der Waals surface area (Å²) in [6.45, 7) is 9.25. The fourth-order valence-electron chi connectivity index (χ4n) is 1.68. The molecular weight excluding hydrogens is 154 g/mol. The number of hydrogen-bond acceptors (Lipinski definition) is 3. The number of ether oxygens (including phenoxy) is 1. The van der Waals surface area contributed by atoms with Crippen molar-refractivity contribution in [2.45, 2.75) is 13.8 Å². The van der Waals surface area contributed by atoms with Crippen molar-refractivity contribution in [2.24, 2.45) is 5.41 Å². The smallest absolute Gasteiger partial charge is 0.0698 e. The highest BCUT2D eigenvalue weighted by Gasteiger charge is 2.33. The first-order valence-electron chi connectivity index (χ1n) is 4.55. The van der Waals surface area contributed by atoms with Crippen molar-refractivity contribution in [3.05, 3.63) is 0 Å². The highest BCUT2D eigenvalue weighted by atomic mass is 16.5. The molecule has 0 aliphatic carbocycles. The van der Waals surface area contributed by atoms with Crippen molar-refractivity contribution in [2.75, 3.05) is 39.5 Å². The van der Waals surface area contributed by atoms with Crippen LogP contribution in [0, 0.1) is 5.41 Å². The summed E-state index contributed by atoms with van der Waals surface area (Å²) >= 11 is 0. The lowest BCUT2D eigenvalue weighted by molar-refractivity contribution is -0.000783. The first kappa shape index (κ1) is 9.96. The molecule has 1 N–H and O–H groups in total. The number of likely N-dealkylation sites (tertiary alicyclic amines) is 1. The van der Waals surface area contributed by atoms with E-state index in [0.29, 0.717) is 12.0 Å². The van der Waals surface area contributed by atoms with Gasteiger partial charge in [0.05, 0.1) is 19.8 Å². The highest BCUT2D eigenvalue weighted by molar-refractivity contribution is 4.86. The van der Waals surface area contributed by atoms with Gasteiger partial charge in [0.1, 0.15) is 0 Å². The van der Waals surface area contributed by atoms with Crippen LogP contribution in [-0.4, -0.2) is 49.5 Å². The third-order valence-corrected chi connectivity index (χ3v) is 2.09. The van der Waals surface area contributed by atoms with Gasteiger partial charge in [0.15, 0.2) is 0 Å². The van der Waals surface area contributed by atoms with E-state index in [1.807, 2.05) is 0 Å². The van der Waals surface area contributed by atoms with Crippen LogP contribution in [0.15, 0.2) is 0 Å². The molecule has 0 spiro atoms. The predicted molar refractivity (Wildman–Crippen MR) is 48.1 cm³/mol. The molecule has 0 aromatic heterocycles. The van der Waals surface area contributed by atoms with Crippen LogP contribution in [0.3, 0.4) is 0 Å². The second-order valence-corrected chi connectivity index (χ2v) is 4.21. The van der Waals surface area contributed by atoms with E-state index in [0.717, 1.165) is 13.2 Å². The number of aliphatic hydroxyl groups is 1. The van der Waals surface area contributed by atoms with Crippen LogP contribution < -0.4 is 0 Å². The molecule has 72 valence electrons. The minimum absolute atomic E-state index is 0.130. The van der Waals surface area contributed by atoms with Crippen LogP contribution >= 0.6 is 0 Å². The molecule has 0 radical (unpaired) electrons. The molecule has 0 amide bonds. The zero-order valence-electron chi connectivity index (χ0n) is 8.05. The van der Waals surface area contributed by atoms with Gasteiger partial charge in [0.2, 0.25) is 0 Å². The third kappa shape index (κ3) is 3.09. The van der Waals surface area contributed by atoms with E-state index >= 15 is 0 Å². The molecule has 3 nitrogen and oxygen atoms in total. The zero-order valence-corrected chi connectivity index (χ0v) is 8.05. The quantitative estimate of drug-likeness (QED) is 0.608. The van der Waals surface area contributed by atoms with E-state index in [9.17, 15) is 0 Å². The summed E-state index contributed by atoms with van der Waals surface area (Å²) < 4.78 is 5.17. The Hall–Kier alpha value is -0.120. The van der Waals surface area contributed by atoms with Crippen LogP contribution in [0.1, 0.15) is 13.8 Å². The SMILES string of the molecule is CC1(C)CN(CCOCCO)C1. The highest BCUT2D eigenvalue weighted by Crippen LogP contribution is 2.27. The van der Waals surface area contributed by atoms with Crippen molar-refractivity contribution in [1.82, 2.24) is 4.90 Å². The summed E-state index contributed by atoms with van der Waals surface area (Å²) in [5.41, 5.74) is 0.511. The molecule has 1 rings (SSSR count). The molecule has 1 heterocycles. The normalized spacial score (nSPS) is 22.2. The minimum atomic E-state index is 0.130. The van der Waals surface area contributed by atoms with Crippen molar-refractivity contribution in [3.63, 3.8) is 0 Å². The summed E-state index contributed by atoms with van der Waals surface area (Å²) in [5.74, 6) is 0. The van der Waals surface area contributed by atoms with Gasteiger partial charge >= 0.3 is 0 Å². The van der Waals surface area contributed by atoms with E-state index < -0.39 is 0 Å². The molecule has 1 aliphatic heterocycles. The topological polar surface area (TPSA) is 32.7 Å². The van der Waals surface area contributed by atoms with Crippen molar-refractivity contribution in [3.8, 4) is 0 Å². The molecule has 1 aliphatic rings. The van der Waals surface area contributed by atoms with Gasteiger partial charge in [0, 0.05) is 19.6 Å². The zero-order chi connectivity index (χ0) is 9.03. The Kier molecular flexibility index (Phi) is 3.50. The largest absolute Gasteiger partial charge is 0.394 e. The second-order valence-electron chi connectivity index (χ2n) is 4.21. The summed E-state index contributed by atoms with van der Waals surface area (Å²) in [5, 5.41) is 8.45. The fraction of sp³-hybridized carbons (Fsp3) is 1.00. The van der Waals surface area contributed by atoms with Gasteiger partial charge in [-0.25, -0.2) is 0 Å². The summed E-state index contributed by atoms with van der Waals surface area (Å²) in [6.07, 6.45) is 0. The molecule has 12 heavy (non-hydrogen) atoms. The third-order valence-electron chi connectivity index (χ3n) is 2.09. The average molecular weight is 173 g/mol. The Morgan fingerprint density at radius 2 is 2.00 bits per heavy atom. The van der Waals surface area contributed by atoms with E-state index in [2.05, 4.69) is 18.7 Å². The van der Waals surface area contributed by atoms with Crippen molar-refractivity contribution in [1.29, 1.82) is 0 Å². The number of aliphatic hydroxyl groups excluding tert-OH is 1. The van der Waals surface area contributed by atoms with Crippen LogP contribution in [0.2, 0.25) is 0 Å². The van der Waals surface area contributed by atoms with Crippen molar-refractivity contribution < 1.29 is 9.84 Å². The Labute approximate surface area is 74.3 Å². The summed E-state index contributed by atoms with van der Waals surface area (Å²) in [7, 11) is 0. The van der Waals surface area contributed by atoms with Gasteiger partial charge < -0.3 is 9.84 Å². The molecule has 0 saturated carbocycles. The lowest BCUT2D eigenvalue weighted by Gasteiger charge is -2.45. The molecule has 1 fully saturated rings. The van der Waals surface area contributed by atoms with E-state index in [1.165, 1.54) is 13.1 Å². The monoisotopic (exact) mass is 173 g/mol. The van der Waals surface area contributed by atoms with E-state index in [1.54, 1.807) is 0 Å². The first-order chi connectivity index (χ1) is 5.64. The molecule has 3 heteroatoms. The van der Waals surface area contributed by atoms with Gasteiger partial charge in [-0.15, -0.1) is 0 Å². The van der Waals surface area contributed by atoms with Crippen LogP contribution in [0.5, 0.6) is 0 Å². The van der Waals surface area contributed by atoms with Crippen LogP contribution in [0.4, 0.5) is 0 Å². The van der Waals surface area contributed by atoms with Crippen molar-refractivity contribution >= 4 is 0 Å². The number of nitrogens with zero attached hydrogens (tertiary/aromatic N) is 1. The molecular formula is C9H19NO2. The Morgan fingerprint density at radius 3 is 2.50 bits per heavy atom. The first-order valence-corrected chi connectivity index (χ1v) is 4.55. The number of rotatable bonds is 5. The lowest BCUT2D eigenvalue weighted by atomic mass is 9.84. The Bertz CT molecular complexity index is 128. The maximum atomic E-state index is 8.45. The summed E-state index contributed by atoms with van der Waals surface area (Å²) in [6, 6.07) is 0. The Balaban J connectivity index is 1.90. The predicted octanol–water partition coefficient (Wildman–Crippen LogP) is 0.337. The van der Waals surface area contributed by atoms with Gasteiger partial charge in [-0.05, 0) is 5.41 Å². The Morgan fingerprint density at radius 1 is 1.33 bits per heavy atom. The minimum Gasteiger partial charge on any atom is -0.394 e. The lowest BCUT2D eigenvalue weighted by Crippen LogP contribution is -2.53. The number of hydrogen-bond donors (Lipinski definition) is 1. The molecule has 0 atom stereocenters. The summed E-state index contributed by atoms with van der Waals surface area (Å²) in [4.78, 5) is 2.37. The standard InChI is InChI=1S/C9H19NO2/c1-9(2)7-10(8-9)3-5-12-6-4-11/h11H,3-8H2,1-2H3. The average Bonchev–Trinajstić information content (AvgIpc) is 1.94. The van der Waals surface area contributed by atoms with Gasteiger partial charge in [0.25, 0.3) is 0 Å². The van der Waals surface area contributed by atoms with Crippen LogP contribution in [-0.2, 0) is 4.74 Å². The van der Waals surface area contributed by atoms with Crippen LogP contribution in [0.25, 0.3) is 0 Å².